The number of allylic oxidation sites excluding steroid dienone is 6. The number of unbranched alkanes of at least 4 members (excludes halogenated alkanes) is 4. The first-order chi connectivity index (χ1) is 14.0. The predicted octanol–water partition coefficient (Wildman–Crippen LogP) is 4.27. The molecule has 2 atom stereocenters. The molecule has 7 nitrogen and oxygen atoms in total. The summed E-state index contributed by atoms with van der Waals surface area (Å²) in [6, 6.07) is 0. The fourth-order valence-corrected chi connectivity index (χ4v) is 3.07. The average Bonchev–Trinajstić information content (AvgIpc) is 2.70. The maximum Gasteiger partial charge on any atom is 0.472 e. The van der Waals surface area contributed by atoms with Crippen molar-refractivity contribution >= 4 is 7.82 Å². The molecule has 0 amide bonds. The molecule has 0 aromatic rings. The Bertz CT molecular complexity index is 496. The van der Waals surface area contributed by atoms with E-state index >= 15 is 0 Å². The molecule has 8 heteroatoms. The predicted molar refractivity (Wildman–Crippen MR) is 118 cm³/mol. The number of aliphatic hydroxyl groups excluding tert-OH is 1. The van der Waals surface area contributed by atoms with Crippen LogP contribution >= 0.6 is 7.82 Å². The van der Waals surface area contributed by atoms with E-state index in [1.807, 2.05) is 0 Å². The van der Waals surface area contributed by atoms with Crippen molar-refractivity contribution in [3.8, 4) is 0 Å². The van der Waals surface area contributed by atoms with Gasteiger partial charge in [-0.15, -0.1) is 0 Å². The third kappa shape index (κ3) is 21.7. The Morgan fingerprint density at radius 3 is 2.24 bits per heavy atom. The Morgan fingerprint density at radius 1 is 0.897 bits per heavy atom. The largest absolute Gasteiger partial charge is 0.472 e. The molecule has 0 saturated heterocycles. The zero-order valence-electron chi connectivity index (χ0n) is 17.8. The monoisotopic (exact) mass is 433 g/mol. The van der Waals surface area contributed by atoms with E-state index in [4.69, 9.17) is 10.5 Å². The molecule has 2 unspecified atom stereocenters. The van der Waals surface area contributed by atoms with Crippen LogP contribution in [0.2, 0.25) is 0 Å². The minimum Gasteiger partial charge on any atom is -0.388 e. The van der Waals surface area contributed by atoms with Gasteiger partial charge in [0.25, 0.3) is 0 Å². The summed E-state index contributed by atoms with van der Waals surface area (Å²) in [5.74, 6) is 0. The summed E-state index contributed by atoms with van der Waals surface area (Å²) in [5.41, 5.74) is 5.18. The molecule has 0 rings (SSSR count). The van der Waals surface area contributed by atoms with Crippen LogP contribution in [0.5, 0.6) is 0 Å². The molecule has 4 N–H and O–H groups in total. The van der Waals surface area contributed by atoms with E-state index in [0.717, 1.165) is 51.4 Å². The standard InChI is InChI=1S/C21H40NO6P/c1-2-3-4-5-6-7-8-9-10-11-12-13-14-15-17-26-19-21(23)20-28-29(24,25)27-18-16-22/h3-4,6-7,9-10,21,23H,2,5,8,11-20,22H2,1H3,(H,24,25)/b4-3-,7-6-,10-9-. The Balaban J connectivity index is 3.45. The lowest BCUT2D eigenvalue weighted by Gasteiger charge is -2.15. The second-order valence-electron chi connectivity index (χ2n) is 6.61. The smallest absolute Gasteiger partial charge is 0.388 e. The van der Waals surface area contributed by atoms with Gasteiger partial charge >= 0.3 is 7.82 Å². The molecule has 0 aliphatic carbocycles. The van der Waals surface area contributed by atoms with Crippen LogP contribution in [-0.4, -0.2) is 49.1 Å². The second kappa shape index (κ2) is 20.5. The molecule has 0 fully saturated rings. The van der Waals surface area contributed by atoms with Crippen LogP contribution in [0, 0.1) is 0 Å². The zero-order valence-corrected chi connectivity index (χ0v) is 18.7. The number of rotatable bonds is 20. The van der Waals surface area contributed by atoms with Crippen LogP contribution in [0.4, 0.5) is 0 Å². The average molecular weight is 434 g/mol. The van der Waals surface area contributed by atoms with Crippen molar-refractivity contribution in [2.45, 2.75) is 64.4 Å². The highest BCUT2D eigenvalue weighted by Gasteiger charge is 2.22. The first kappa shape index (κ1) is 28.2. The van der Waals surface area contributed by atoms with Crippen LogP contribution in [0.3, 0.4) is 0 Å². The summed E-state index contributed by atoms with van der Waals surface area (Å²) in [5, 5.41) is 9.68. The molecule has 0 heterocycles. The van der Waals surface area contributed by atoms with Crippen molar-refractivity contribution in [2.75, 3.05) is 33.0 Å². The van der Waals surface area contributed by atoms with E-state index in [2.05, 4.69) is 52.4 Å². The first-order valence-corrected chi connectivity index (χ1v) is 12.0. The van der Waals surface area contributed by atoms with E-state index in [9.17, 15) is 14.6 Å². The lowest BCUT2D eigenvalue weighted by atomic mass is 10.1. The van der Waals surface area contributed by atoms with Gasteiger partial charge < -0.3 is 20.5 Å². The van der Waals surface area contributed by atoms with Gasteiger partial charge in [-0.1, -0.05) is 56.2 Å². The van der Waals surface area contributed by atoms with Crippen LogP contribution in [0.25, 0.3) is 0 Å². The Labute approximate surface area is 176 Å². The lowest BCUT2D eigenvalue weighted by molar-refractivity contribution is 0.00231. The van der Waals surface area contributed by atoms with Crippen LogP contribution < -0.4 is 5.73 Å². The first-order valence-electron chi connectivity index (χ1n) is 10.5. The summed E-state index contributed by atoms with van der Waals surface area (Å²) in [6.45, 7) is 2.45. The highest BCUT2D eigenvalue weighted by molar-refractivity contribution is 7.47. The molecular weight excluding hydrogens is 393 g/mol. The van der Waals surface area contributed by atoms with Crippen LogP contribution in [-0.2, 0) is 18.3 Å². The number of aliphatic hydroxyl groups is 1. The van der Waals surface area contributed by atoms with Gasteiger partial charge in [0, 0.05) is 13.2 Å². The van der Waals surface area contributed by atoms with Gasteiger partial charge in [0.15, 0.2) is 0 Å². The summed E-state index contributed by atoms with van der Waals surface area (Å²) >= 11 is 0. The van der Waals surface area contributed by atoms with Crippen molar-refractivity contribution < 1.29 is 28.3 Å². The number of hydrogen-bond donors (Lipinski definition) is 3. The number of ether oxygens (including phenoxy) is 1. The fraction of sp³-hybridized carbons (Fsp3) is 0.714. The number of phosphoric ester groups is 1. The summed E-state index contributed by atoms with van der Waals surface area (Å²) in [4.78, 5) is 9.30. The maximum atomic E-state index is 11.4. The third-order valence-electron chi connectivity index (χ3n) is 3.80. The van der Waals surface area contributed by atoms with E-state index in [1.165, 1.54) is 0 Å². The number of phosphoric acid groups is 1. The SMILES string of the molecule is CC/C=C\C/C=C\C/C=C\CCCCCCOCC(O)COP(=O)(O)OCCN. The molecule has 29 heavy (non-hydrogen) atoms. The summed E-state index contributed by atoms with van der Waals surface area (Å²) < 4.78 is 26.0. The van der Waals surface area contributed by atoms with Crippen molar-refractivity contribution in [1.29, 1.82) is 0 Å². The van der Waals surface area contributed by atoms with Gasteiger partial charge in [-0.2, -0.15) is 0 Å². The van der Waals surface area contributed by atoms with Gasteiger partial charge in [0.2, 0.25) is 0 Å². The third-order valence-corrected chi connectivity index (χ3v) is 4.79. The Kier molecular flexibility index (Phi) is 19.9. The Morgan fingerprint density at radius 2 is 1.55 bits per heavy atom. The van der Waals surface area contributed by atoms with E-state index in [1.54, 1.807) is 0 Å². The van der Waals surface area contributed by atoms with E-state index < -0.39 is 13.9 Å². The van der Waals surface area contributed by atoms with Crippen molar-refractivity contribution in [2.24, 2.45) is 5.73 Å². The molecule has 0 aliphatic heterocycles. The maximum absolute atomic E-state index is 11.4. The van der Waals surface area contributed by atoms with Crippen LogP contribution in [0.1, 0.15) is 58.3 Å². The lowest BCUT2D eigenvalue weighted by Crippen LogP contribution is -2.22. The van der Waals surface area contributed by atoms with E-state index in [0.29, 0.717) is 6.61 Å². The molecule has 170 valence electrons. The topological polar surface area (TPSA) is 111 Å². The second-order valence-corrected chi connectivity index (χ2v) is 8.07. The van der Waals surface area contributed by atoms with E-state index in [-0.39, 0.29) is 26.4 Å². The van der Waals surface area contributed by atoms with Gasteiger partial charge in [-0.3, -0.25) is 9.05 Å². The van der Waals surface area contributed by atoms with Gasteiger partial charge in [-0.25, -0.2) is 4.57 Å². The summed E-state index contributed by atoms with van der Waals surface area (Å²) in [7, 11) is -4.15. The van der Waals surface area contributed by atoms with Gasteiger partial charge in [-0.05, 0) is 38.5 Å². The minimum absolute atomic E-state index is 0.0569. The fourth-order valence-electron chi connectivity index (χ4n) is 2.30. The number of nitrogens with two attached hydrogens (primary N) is 1. The number of hydrogen-bond acceptors (Lipinski definition) is 6. The Hall–Kier alpha value is -0.790. The molecule has 0 bridgehead atoms. The van der Waals surface area contributed by atoms with Gasteiger partial charge in [0.1, 0.15) is 6.10 Å². The minimum atomic E-state index is -4.15. The zero-order chi connectivity index (χ0) is 21.6. The van der Waals surface area contributed by atoms with Crippen molar-refractivity contribution in [3.63, 3.8) is 0 Å². The summed E-state index contributed by atoms with van der Waals surface area (Å²) in [6.07, 6.45) is 20.7. The highest BCUT2D eigenvalue weighted by atomic mass is 31.2. The molecular formula is C21H40NO6P. The normalized spacial score (nSPS) is 15.6. The molecule has 0 aliphatic rings. The molecule has 0 radical (unpaired) electrons. The molecule has 0 aromatic heterocycles. The molecule has 0 saturated carbocycles. The van der Waals surface area contributed by atoms with Crippen molar-refractivity contribution in [3.05, 3.63) is 36.5 Å². The molecule has 0 spiro atoms. The molecule has 0 aromatic carbocycles. The van der Waals surface area contributed by atoms with Crippen molar-refractivity contribution in [1.82, 2.24) is 0 Å². The highest BCUT2D eigenvalue weighted by Crippen LogP contribution is 2.42. The van der Waals surface area contributed by atoms with Crippen LogP contribution in [0.15, 0.2) is 36.5 Å². The quantitative estimate of drug-likeness (QED) is 0.149. The van der Waals surface area contributed by atoms with Gasteiger partial charge in [0.05, 0.1) is 19.8 Å².